The van der Waals surface area contributed by atoms with Crippen LogP contribution in [0.25, 0.3) is 0 Å². The number of nitrogens with two attached hydrogens (primary N) is 2. The van der Waals surface area contributed by atoms with Crippen molar-refractivity contribution in [3.8, 4) is 0 Å². The normalized spacial score (nSPS) is 12.8. The highest BCUT2D eigenvalue weighted by Gasteiger charge is 2.25. The first-order valence-electron chi connectivity index (χ1n) is 7.20. The Bertz CT molecular complexity index is 526. The lowest BCUT2D eigenvalue weighted by atomic mass is 10.1. The Morgan fingerprint density at radius 2 is 1.91 bits per heavy atom. The van der Waals surface area contributed by atoms with E-state index in [4.69, 9.17) is 11.5 Å². The van der Waals surface area contributed by atoms with Crippen LogP contribution in [0.2, 0.25) is 0 Å². The highest BCUT2D eigenvalue weighted by atomic mass is 16.2. The first kappa shape index (κ1) is 17.8. The average molecular weight is 305 g/mol. The van der Waals surface area contributed by atoms with E-state index >= 15 is 0 Å². The SMILES string of the molecule is CC(=O)N(C(=O)[C@@H](N)CCCCN=C(C)N)c1ccncc1. The zero-order valence-corrected chi connectivity index (χ0v) is 13.0. The van der Waals surface area contributed by atoms with Crippen molar-refractivity contribution in [2.75, 3.05) is 11.4 Å². The molecule has 22 heavy (non-hydrogen) atoms. The minimum absolute atomic E-state index is 0.366. The van der Waals surface area contributed by atoms with Crippen molar-refractivity contribution >= 4 is 23.3 Å². The maximum Gasteiger partial charge on any atom is 0.250 e. The summed E-state index contributed by atoms with van der Waals surface area (Å²) in [5.74, 6) is -0.229. The molecule has 0 saturated heterocycles. The van der Waals surface area contributed by atoms with Gasteiger partial charge in [-0.1, -0.05) is 0 Å². The third kappa shape index (κ3) is 5.61. The van der Waals surface area contributed by atoms with E-state index in [0.29, 0.717) is 24.5 Å². The maximum absolute atomic E-state index is 12.4. The molecule has 0 aliphatic rings. The summed E-state index contributed by atoms with van der Waals surface area (Å²) in [6.07, 6.45) is 5.08. The predicted molar refractivity (Wildman–Crippen MR) is 86.4 cm³/mol. The summed E-state index contributed by atoms with van der Waals surface area (Å²) in [6.45, 7) is 3.68. The van der Waals surface area contributed by atoms with Crippen molar-refractivity contribution < 1.29 is 9.59 Å². The van der Waals surface area contributed by atoms with Gasteiger partial charge in [-0.25, -0.2) is 4.90 Å². The van der Waals surface area contributed by atoms with E-state index in [9.17, 15) is 9.59 Å². The largest absolute Gasteiger partial charge is 0.388 e. The summed E-state index contributed by atoms with van der Waals surface area (Å²) >= 11 is 0. The lowest BCUT2D eigenvalue weighted by molar-refractivity contribution is -0.126. The predicted octanol–water partition coefficient (Wildman–Crippen LogP) is 0.836. The molecule has 1 rings (SSSR count). The lowest BCUT2D eigenvalue weighted by Gasteiger charge is -2.22. The standard InChI is InChI=1S/C15H23N5O2/c1-11(16)19-8-4-3-5-14(17)15(22)20(12(2)21)13-6-9-18-10-7-13/h6-7,9-10,14H,3-5,8,17H2,1-2H3,(H2,16,19)/t14-/m0/s1. The molecule has 1 heterocycles. The quantitative estimate of drug-likeness (QED) is 0.440. The molecule has 0 radical (unpaired) electrons. The summed E-state index contributed by atoms with van der Waals surface area (Å²) in [7, 11) is 0. The summed E-state index contributed by atoms with van der Waals surface area (Å²) < 4.78 is 0. The number of imide groups is 1. The number of carbonyl (C=O) groups excluding carboxylic acids is 2. The molecule has 7 nitrogen and oxygen atoms in total. The molecule has 7 heteroatoms. The van der Waals surface area contributed by atoms with Crippen molar-refractivity contribution in [1.82, 2.24) is 4.98 Å². The van der Waals surface area contributed by atoms with Crippen LogP contribution in [-0.4, -0.2) is 35.2 Å². The van der Waals surface area contributed by atoms with Crippen LogP contribution in [0.4, 0.5) is 5.69 Å². The molecule has 0 aliphatic carbocycles. The smallest absolute Gasteiger partial charge is 0.250 e. The number of rotatable bonds is 7. The molecular formula is C15H23N5O2. The molecule has 1 aromatic heterocycles. The van der Waals surface area contributed by atoms with Gasteiger partial charge in [0.25, 0.3) is 5.91 Å². The molecule has 4 N–H and O–H groups in total. The monoisotopic (exact) mass is 305 g/mol. The molecule has 0 fully saturated rings. The van der Waals surface area contributed by atoms with E-state index in [2.05, 4.69) is 9.98 Å². The molecule has 0 bridgehead atoms. The topological polar surface area (TPSA) is 115 Å². The Kier molecular flexibility index (Phi) is 7.18. The number of pyridine rings is 1. The summed E-state index contributed by atoms with van der Waals surface area (Å²) in [5.41, 5.74) is 11.8. The maximum atomic E-state index is 12.4. The third-order valence-corrected chi connectivity index (χ3v) is 3.06. The molecule has 0 saturated carbocycles. The number of aliphatic imine (C=N–C) groups is 1. The van der Waals surface area contributed by atoms with Gasteiger partial charge in [-0.2, -0.15) is 0 Å². The van der Waals surface area contributed by atoms with Crippen LogP contribution in [0.15, 0.2) is 29.5 Å². The number of unbranched alkanes of at least 4 members (excludes halogenated alkanes) is 1. The zero-order valence-electron chi connectivity index (χ0n) is 13.0. The Hall–Kier alpha value is -2.28. The molecule has 0 aromatic carbocycles. The van der Waals surface area contributed by atoms with Crippen LogP contribution < -0.4 is 16.4 Å². The Balaban J connectivity index is 2.59. The van der Waals surface area contributed by atoms with Crippen LogP contribution in [0, 0.1) is 0 Å². The van der Waals surface area contributed by atoms with Gasteiger partial charge >= 0.3 is 0 Å². The van der Waals surface area contributed by atoms with E-state index in [0.717, 1.165) is 17.7 Å². The van der Waals surface area contributed by atoms with Gasteiger partial charge < -0.3 is 11.5 Å². The Morgan fingerprint density at radius 3 is 2.45 bits per heavy atom. The van der Waals surface area contributed by atoms with E-state index < -0.39 is 11.9 Å². The van der Waals surface area contributed by atoms with Gasteiger partial charge in [-0.15, -0.1) is 0 Å². The molecule has 0 unspecified atom stereocenters. The fourth-order valence-corrected chi connectivity index (χ4v) is 1.98. The van der Waals surface area contributed by atoms with Gasteiger partial charge in [0.2, 0.25) is 5.91 Å². The molecule has 0 aliphatic heterocycles. The highest BCUT2D eigenvalue weighted by Crippen LogP contribution is 2.15. The van der Waals surface area contributed by atoms with Crippen molar-refractivity contribution in [2.24, 2.45) is 16.5 Å². The summed E-state index contributed by atoms with van der Waals surface area (Å²) in [4.78, 5) is 33.1. The lowest BCUT2D eigenvalue weighted by Crippen LogP contribution is -2.46. The third-order valence-electron chi connectivity index (χ3n) is 3.06. The van der Waals surface area contributed by atoms with E-state index in [-0.39, 0.29) is 5.91 Å². The Morgan fingerprint density at radius 1 is 1.27 bits per heavy atom. The van der Waals surface area contributed by atoms with Crippen LogP contribution in [0.3, 0.4) is 0 Å². The van der Waals surface area contributed by atoms with Crippen LogP contribution in [0.1, 0.15) is 33.1 Å². The van der Waals surface area contributed by atoms with Gasteiger partial charge in [0, 0.05) is 25.9 Å². The number of nitrogens with zero attached hydrogens (tertiary/aromatic N) is 3. The average Bonchev–Trinajstić information content (AvgIpc) is 2.47. The first-order valence-corrected chi connectivity index (χ1v) is 7.20. The molecule has 0 spiro atoms. The van der Waals surface area contributed by atoms with E-state index in [1.807, 2.05) is 0 Å². The van der Waals surface area contributed by atoms with Crippen LogP contribution >= 0.6 is 0 Å². The number of carbonyl (C=O) groups is 2. The molecule has 1 atom stereocenters. The Labute approximate surface area is 130 Å². The van der Waals surface area contributed by atoms with Gasteiger partial charge in [-0.05, 0) is 38.3 Å². The van der Waals surface area contributed by atoms with Crippen LogP contribution in [-0.2, 0) is 9.59 Å². The van der Waals surface area contributed by atoms with Gasteiger partial charge in [0.05, 0.1) is 17.6 Å². The second-order valence-electron chi connectivity index (χ2n) is 5.02. The minimum Gasteiger partial charge on any atom is -0.388 e. The van der Waals surface area contributed by atoms with Crippen molar-refractivity contribution in [3.63, 3.8) is 0 Å². The number of hydrogen-bond acceptors (Lipinski definition) is 5. The highest BCUT2D eigenvalue weighted by molar-refractivity contribution is 6.15. The number of amidine groups is 1. The number of hydrogen-bond donors (Lipinski definition) is 2. The second-order valence-corrected chi connectivity index (χ2v) is 5.02. The minimum atomic E-state index is -0.722. The van der Waals surface area contributed by atoms with Gasteiger partial charge in [-0.3, -0.25) is 19.6 Å². The molecule has 120 valence electrons. The fourth-order valence-electron chi connectivity index (χ4n) is 1.98. The molecule has 2 amide bonds. The first-order chi connectivity index (χ1) is 10.4. The number of aromatic nitrogens is 1. The van der Waals surface area contributed by atoms with Crippen LogP contribution in [0.5, 0.6) is 0 Å². The fraction of sp³-hybridized carbons (Fsp3) is 0.467. The van der Waals surface area contributed by atoms with Gasteiger partial charge in [0.15, 0.2) is 0 Å². The van der Waals surface area contributed by atoms with Crippen molar-refractivity contribution in [2.45, 2.75) is 39.2 Å². The summed E-state index contributed by atoms with van der Waals surface area (Å²) in [5, 5.41) is 0. The number of anilines is 1. The summed E-state index contributed by atoms with van der Waals surface area (Å²) in [6, 6.07) is 2.48. The van der Waals surface area contributed by atoms with Gasteiger partial charge in [0.1, 0.15) is 0 Å². The van der Waals surface area contributed by atoms with Crippen molar-refractivity contribution in [3.05, 3.63) is 24.5 Å². The molecule has 1 aromatic rings. The second kappa shape index (κ2) is 8.89. The van der Waals surface area contributed by atoms with E-state index in [1.165, 1.54) is 19.3 Å². The number of amides is 2. The van der Waals surface area contributed by atoms with E-state index in [1.54, 1.807) is 19.1 Å². The molecular weight excluding hydrogens is 282 g/mol. The zero-order chi connectivity index (χ0) is 16.5. The van der Waals surface area contributed by atoms with Crippen molar-refractivity contribution in [1.29, 1.82) is 0 Å².